The molecule has 0 fully saturated rings. The standard InChI is InChI=1S/C28H22F3N5O2/c29-28(30,31)38-22-9-4-8-20(16-22)26-25(19-6-2-1-3-7-19)35-24-17-21(10-11-23(24)34-26)27(37)33-12-5-14-36-15-13-32-18-36/h1-4,6-11,13,15-18H,5,12,14H2,(H,33,37). The molecule has 0 unspecified atom stereocenters. The Morgan fingerprint density at radius 2 is 1.66 bits per heavy atom. The molecule has 0 aliphatic heterocycles. The molecule has 1 amide bonds. The van der Waals surface area contributed by atoms with Crippen LogP contribution in [-0.2, 0) is 6.54 Å². The van der Waals surface area contributed by atoms with Crippen LogP contribution in [0.15, 0.2) is 91.5 Å². The van der Waals surface area contributed by atoms with Crippen molar-refractivity contribution in [2.75, 3.05) is 6.54 Å². The summed E-state index contributed by atoms with van der Waals surface area (Å²) in [6.45, 7) is 1.23. The summed E-state index contributed by atoms with van der Waals surface area (Å²) in [5, 5.41) is 2.91. The first-order valence-corrected chi connectivity index (χ1v) is 11.8. The number of carbonyl (C=O) groups is 1. The molecule has 38 heavy (non-hydrogen) atoms. The maximum atomic E-state index is 12.8. The van der Waals surface area contributed by atoms with Gasteiger partial charge in [-0.1, -0.05) is 42.5 Å². The summed E-state index contributed by atoms with van der Waals surface area (Å²) in [4.78, 5) is 26.3. The summed E-state index contributed by atoms with van der Waals surface area (Å²) >= 11 is 0. The molecule has 3 aromatic carbocycles. The van der Waals surface area contributed by atoms with Crippen molar-refractivity contribution in [1.82, 2.24) is 24.8 Å². The number of benzene rings is 3. The van der Waals surface area contributed by atoms with E-state index in [1.807, 2.05) is 41.1 Å². The fourth-order valence-electron chi connectivity index (χ4n) is 4.02. The maximum absolute atomic E-state index is 12.8. The van der Waals surface area contributed by atoms with Crippen LogP contribution in [0.3, 0.4) is 0 Å². The molecular weight excluding hydrogens is 495 g/mol. The summed E-state index contributed by atoms with van der Waals surface area (Å²) < 4.78 is 44.5. The zero-order chi connectivity index (χ0) is 26.5. The van der Waals surface area contributed by atoms with Gasteiger partial charge in [0.15, 0.2) is 0 Å². The van der Waals surface area contributed by atoms with Gasteiger partial charge in [-0.15, -0.1) is 13.2 Å². The lowest BCUT2D eigenvalue weighted by molar-refractivity contribution is -0.274. The van der Waals surface area contributed by atoms with E-state index in [9.17, 15) is 18.0 Å². The van der Waals surface area contributed by atoms with Crippen molar-refractivity contribution in [2.45, 2.75) is 19.3 Å². The Morgan fingerprint density at radius 3 is 2.42 bits per heavy atom. The summed E-state index contributed by atoms with van der Waals surface area (Å²) in [7, 11) is 0. The number of hydrogen-bond donors (Lipinski definition) is 1. The van der Waals surface area contributed by atoms with Crippen molar-refractivity contribution in [1.29, 1.82) is 0 Å². The molecule has 0 saturated heterocycles. The van der Waals surface area contributed by atoms with E-state index in [0.29, 0.717) is 40.1 Å². The zero-order valence-corrected chi connectivity index (χ0v) is 20.0. The molecular formula is C28H22F3N5O2. The summed E-state index contributed by atoms with van der Waals surface area (Å²) in [6, 6.07) is 19.8. The number of fused-ring (bicyclic) bond motifs is 1. The number of ether oxygens (including phenoxy) is 1. The second kappa shape index (κ2) is 10.7. The number of aryl methyl sites for hydroxylation is 1. The van der Waals surface area contributed by atoms with Crippen LogP contribution in [0.1, 0.15) is 16.8 Å². The van der Waals surface area contributed by atoms with Crippen molar-refractivity contribution in [3.63, 3.8) is 0 Å². The Bertz CT molecular complexity index is 1550. The molecule has 7 nitrogen and oxygen atoms in total. The van der Waals surface area contributed by atoms with Gasteiger partial charge in [-0.3, -0.25) is 4.79 Å². The smallest absolute Gasteiger partial charge is 0.406 e. The largest absolute Gasteiger partial charge is 0.573 e. The first-order chi connectivity index (χ1) is 18.4. The second-order valence-electron chi connectivity index (χ2n) is 8.48. The van der Waals surface area contributed by atoms with Gasteiger partial charge in [-0.05, 0) is 36.8 Å². The number of carbonyl (C=O) groups excluding carboxylic acids is 1. The van der Waals surface area contributed by atoms with Gasteiger partial charge in [0.05, 0.1) is 28.7 Å². The average molecular weight is 518 g/mol. The van der Waals surface area contributed by atoms with Crippen LogP contribution >= 0.6 is 0 Å². The fraction of sp³-hybridized carbons (Fsp3) is 0.143. The molecule has 0 aliphatic rings. The Labute approximate surface area is 216 Å². The number of imidazole rings is 1. The Morgan fingerprint density at radius 1 is 0.895 bits per heavy atom. The molecule has 2 heterocycles. The zero-order valence-electron chi connectivity index (χ0n) is 20.0. The Kier molecular flexibility index (Phi) is 7.03. The molecule has 5 aromatic rings. The number of nitrogens with zero attached hydrogens (tertiary/aromatic N) is 4. The lowest BCUT2D eigenvalue weighted by atomic mass is 10.0. The van der Waals surface area contributed by atoms with E-state index in [1.54, 1.807) is 36.8 Å². The van der Waals surface area contributed by atoms with E-state index in [0.717, 1.165) is 18.5 Å². The van der Waals surface area contributed by atoms with E-state index >= 15 is 0 Å². The van der Waals surface area contributed by atoms with Crippen molar-refractivity contribution in [3.05, 3.63) is 97.1 Å². The third kappa shape index (κ3) is 5.97. The van der Waals surface area contributed by atoms with Crippen molar-refractivity contribution < 1.29 is 22.7 Å². The quantitative estimate of drug-likeness (QED) is 0.260. The Balaban J connectivity index is 1.46. The molecule has 0 aliphatic carbocycles. The van der Waals surface area contributed by atoms with Gasteiger partial charge in [0.25, 0.3) is 5.91 Å². The van der Waals surface area contributed by atoms with Gasteiger partial charge in [0, 0.05) is 42.2 Å². The molecule has 5 rings (SSSR count). The normalized spacial score (nSPS) is 11.4. The van der Waals surface area contributed by atoms with E-state index in [1.165, 1.54) is 18.2 Å². The minimum Gasteiger partial charge on any atom is -0.406 e. The van der Waals surface area contributed by atoms with Gasteiger partial charge in [0.2, 0.25) is 0 Å². The third-order valence-electron chi connectivity index (χ3n) is 5.75. The SMILES string of the molecule is O=C(NCCCn1ccnc1)c1ccc2nc(-c3cccc(OC(F)(F)F)c3)c(-c3ccccc3)nc2c1. The van der Waals surface area contributed by atoms with E-state index in [2.05, 4.69) is 15.0 Å². The van der Waals surface area contributed by atoms with E-state index in [-0.39, 0.29) is 11.7 Å². The third-order valence-corrected chi connectivity index (χ3v) is 5.75. The predicted octanol–water partition coefficient (Wildman–Crippen LogP) is 5.88. The molecule has 0 radical (unpaired) electrons. The molecule has 10 heteroatoms. The predicted molar refractivity (Wildman–Crippen MR) is 136 cm³/mol. The number of halogens is 3. The van der Waals surface area contributed by atoms with Crippen LogP contribution in [0.5, 0.6) is 5.75 Å². The number of rotatable bonds is 8. The highest BCUT2D eigenvalue weighted by Crippen LogP contribution is 2.34. The van der Waals surface area contributed by atoms with Crippen LogP contribution in [0.2, 0.25) is 0 Å². The van der Waals surface area contributed by atoms with Crippen LogP contribution in [-0.4, -0.2) is 38.3 Å². The fourth-order valence-corrected chi connectivity index (χ4v) is 4.02. The number of alkyl halides is 3. The maximum Gasteiger partial charge on any atom is 0.573 e. The van der Waals surface area contributed by atoms with Crippen LogP contribution < -0.4 is 10.1 Å². The molecule has 1 N–H and O–H groups in total. The van der Waals surface area contributed by atoms with Gasteiger partial charge in [-0.2, -0.15) is 0 Å². The highest BCUT2D eigenvalue weighted by atomic mass is 19.4. The molecule has 192 valence electrons. The molecule has 0 atom stereocenters. The van der Waals surface area contributed by atoms with Crippen molar-refractivity contribution in [2.24, 2.45) is 0 Å². The number of amides is 1. The van der Waals surface area contributed by atoms with E-state index < -0.39 is 6.36 Å². The first kappa shape index (κ1) is 24.9. The average Bonchev–Trinajstić information content (AvgIpc) is 3.43. The monoisotopic (exact) mass is 517 g/mol. The van der Waals surface area contributed by atoms with Crippen LogP contribution in [0.4, 0.5) is 13.2 Å². The molecule has 0 saturated carbocycles. The van der Waals surface area contributed by atoms with Gasteiger partial charge >= 0.3 is 6.36 Å². The summed E-state index contributed by atoms with van der Waals surface area (Å²) in [5.74, 6) is -0.586. The lowest BCUT2D eigenvalue weighted by Gasteiger charge is -2.13. The van der Waals surface area contributed by atoms with Gasteiger partial charge in [0.1, 0.15) is 5.75 Å². The molecule has 2 aromatic heterocycles. The lowest BCUT2D eigenvalue weighted by Crippen LogP contribution is -2.25. The van der Waals surface area contributed by atoms with Crippen LogP contribution in [0.25, 0.3) is 33.5 Å². The highest BCUT2D eigenvalue weighted by Gasteiger charge is 2.31. The van der Waals surface area contributed by atoms with E-state index in [4.69, 9.17) is 9.97 Å². The number of hydrogen-bond acceptors (Lipinski definition) is 5. The topological polar surface area (TPSA) is 81.9 Å². The minimum absolute atomic E-state index is 0.235. The molecule has 0 bridgehead atoms. The van der Waals surface area contributed by atoms with Crippen molar-refractivity contribution >= 4 is 16.9 Å². The summed E-state index contributed by atoms with van der Waals surface area (Å²) in [6.07, 6.45) is 1.22. The van der Waals surface area contributed by atoms with Crippen LogP contribution in [0, 0.1) is 0 Å². The number of nitrogens with one attached hydrogen (secondary N) is 1. The van der Waals surface area contributed by atoms with Gasteiger partial charge in [-0.25, -0.2) is 15.0 Å². The second-order valence-corrected chi connectivity index (χ2v) is 8.48. The Hall–Kier alpha value is -4.73. The molecule has 0 spiro atoms. The first-order valence-electron chi connectivity index (χ1n) is 11.8. The van der Waals surface area contributed by atoms with Gasteiger partial charge < -0.3 is 14.6 Å². The van der Waals surface area contributed by atoms with Crippen molar-refractivity contribution in [3.8, 4) is 28.3 Å². The minimum atomic E-state index is -4.81. The highest BCUT2D eigenvalue weighted by molar-refractivity contribution is 5.98. The summed E-state index contributed by atoms with van der Waals surface area (Å²) in [5.41, 5.74) is 3.43. The number of aromatic nitrogens is 4.